The van der Waals surface area contributed by atoms with E-state index < -0.39 is 12.0 Å². The topological polar surface area (TPSA) is 67.4 Å². The molecule has 1 heterocycles. The standard InChI is InChI=1S/C24H21FN2O3/c1-26-23(28)16-5-3-14(4-6-16)17-9-12-20-19(13-17)21(24(29)27-2)22(30-20)15-7-10-18(25)11-8-15/h3-13,21-22H,1-2H3,(H,26,28)(H,27,29). The predicted octanol–water partition coefficient (Wildman–Crippen LogP) is 3.82. The van der Waals surface area contributed by atoms with Crippen LogP contribution in [0.2, 0.25) is 0 Å². The van der Waals surface area contributed by atoms with Gasteiger partial charge in [-0.25, -0.2) is 4.39 Å². The molecule has 2 atom stereocenters. The van der Waals surface area contributed by atoms with Gasteiger partial charge in [-0.1, -0.05) is 30.3 Å². The molecular weight excluding hydrogens is 383 g/mol. The van der Waals surface area contributed by atoms with Gasteiger partial charge in [0.05, 0.1) is 0 Å². The Morgan fingerprint density at radius 3 is 2.17 bits per heavy atom. The summed E-state index contributed by atoms with van der Waals surface area (Å²) in [5, 5.41) is 5.31. The maximum absolute atomic E-state index is 13.4. The first-order valence-electron chi connectivity index (χ1n) is 9.62. The Labute approximate surface area is 173 Å². The number of carbonyl (C=O) groups excluding carboxylic acids is 2. The lowest BCUT2D eigenvalue weighted by Crippen LogP contribution is -2.28. The number of amides is 2. The second-order valence-corrected chi connectivity index (χ2v) is 7.09. The first-order chi connectivity index (χ1) is 14.5. The summed E-state index contributed by atoms with van der Waals surface area (Å²) in [6.45, 7) is 0. The van der Waals surface area contributed by atoms with E-state index in [4.69, 9.17) is 4.74 Å². The highest BCUT2D eigenvalue weighted by Crippen LogP contribution is 2.47. The normalized spacial score (nSPS) is 17.0. The fourth-order valence-corrected chi connectivity index (χ4v) is 3.75. The molecule has 0 bridgehead atoms. The van der Waals surface area contributed by atoms with Crippen LogP contribution in [0.15, 0.2) is 66.7 Å². The van der Waals surface area contributed by atoms with Crippen LogP contribution in [0.4, 0.5) is 4.39 Å². The third-order valence-corrected chi connectivity index (χ3v) is 5.34. The van der Waals surface area contributed by atoms with Gasteiger partial charge in [0.2, 0.25) is 5.91 Å². The monoisotopic (exact) mass is 404 g/mol. The van der Waals surface area contributed by atoms with Gasteiger partial charge in [0.15, 0.2) is 0 Å². The summed E-state index contributed by atoms with van der Waals surface area (Å²) in [4.78, 5) is 24.5. The third-order valence-electron chi connectivity index (χ3n) is 5.34. The zero-order chi connectivity index (χ0) is 21.3. The molecule has 3 aromatic rings. The summed E-state index contributed by atoms with van der Waals surface area (Å²) in [6, 6.07) is 19.0. The van der Waals surface area contributed by atoms with E-state index >= 15 is 0 Å². The molecule has 0 saturated carbocycles. The maximum Gasteiger partial charge on any atom is 0.251 e. The first-order valence-corrected chi connectivity index (χ1v) is 9.62. The van der Waals surface area contributed by atoms with Crippen LogP contribution in [0.3, 0.4) is 0 Å². The van der Waals surface area contributed by atoms with Gasteiger partial charge in [0.25, 0.3) is 5.91 Å². The largest absolute Gasteiger partial charge is 0.484 e. The molecule has 6 heteroatoms. The Morgan fingerprint density at radius 2 is 1.53 bits per heavy atom. The lowest BCUT2D eigenvalue weighted by Gasteiger charge is -2.18. The van der Waals surface area contributed by atoms with Crippen LogP contribution in [0.5, 0.6) is 5.75 Å². The van der Waals surface area contributed by atoms with Gasteiger partial charge in [-0.15, -0.1) is 0 Å². The molecule has 2 amide bonds. The third kappa shape index (κ3) is 3.52. The molecule has 0 aromatic heterocycles. The molecule has 2 unspecified atom stereocenters. The van der Waals surface area contributed by atoms with Crippen LogP contribution in [0.25, 0.3) is 11.1 Å². The average Bonchev–Trinajstić information content (AvgIpc) is 3.17. The van der Waals surface area contributed by atoms with Crippen LogP contribution in [-0.2, 0) is 4.79 Å². The van der Waals surface area contributed by atoms with Crippen LogP contribution < -0.4 is 15.4 Å². The molecule has 4 rings (SSSR count). The van der Waals surface area contributed by atoms with E-state index in [0.717, 1.165) is 22.3 Å². The smallest absolute Gasteiger partial charge is 0.251 e. The van der Waals surface area contributed by atoms with Crippen LogP contribution in [-0.4, -0.2) is 25.9 Å². The molecule has 30 heavy (non-hydrogen) atoms. The van der Waals surface area contributed by atoms with E-state index in [0.29, 0.717) is 11.3 Å². The Kier molecular flexibility index (Phi) is 5.23. The highest BCUT2D eigenvalue weighted by Gasteiger charge is 2.40. The number of nitrogens with one attached hydrogen (secondary N) is 2. The van der Waals surface area contributed by atoms with Crippen molar-refractivity contribution in [2.45, 2.75) is 12.0 Å². The molecule has 5 nitrogen and oxygen atoms in total. The van der Waals surface area contributed by atoms with Crippen LogP contribution in [0, 0.1) is 5.82 Å². The quantitative estimate of drug-likeness (QED) is 0.695. The Bertz CT molecular complexity index is 1090. The van der Waals surface area contributed by atoms with Gasteiger partial charge in [-0.2, -0.15) is 0 Å². The molecule has 1 aliphatic heterocycles. The second-order valence-electron chi connectivity index (χ2n) is 7.09. The minimum atomic E-state index is -0.555. The predicted molar refractivity (Wildman–Crippen MR) is 112 cm³/mol. The van der Waals surface area contributed by atoms with E-state index in [1.165, 1.54) is 12.1 Å². The van der Waals surface area contributed by atoms with E-state index in [2.05, 4.69) is 10.6 Å². The second kappa shape index (κ2) is 7.99. The fourth-order valence-electron chi connectivity index (χ4n) is 3.75. The van der Waals surface area contributed by atoms with Crippen molar-refractivity contribution < 1.29 is 18.7 Å². The summed E-state index contributed by atoms with van der Waals surface area (Å²) < 4.78 is 19.4. The van der Waals surface area contributed by atoms with Crippen LogP contribution >= 0.6 is 0 Å². The number of hydrogen-bond donors (Lipinski definition) is 2. The van der Waals surface area contributed by atoms with Gasteiger partial charge in [0.1, 0.15) is 23.6 Å². The summed E-state index contributed by atoms with van der Waals surface area (Å²) in [5.74, 6) is -0.585. The van der Waals surface area contributed by atoms with Gasteiger partial charge >= 0.3 is 0 Å². The molecule has 2 N–H and O–H groups in total. The molecule has 3 aromatic carbocycles. The molecule has 0 fully saturated rings. The maximum atomic E-state index is 13.4. The molecule has 0 spiro atoms. The molecule has 0 radical (unpaired) electrons. The number of halogens is 1. The van der Waals surface area contributed by atoms with Crippen molar-refractivity contribution in [2.75, 3.05) is 14.1 Å². The number of rotatable bonds is 4. The zero-order valence-electron chi connectivity index (χ0n) is 16.6. The van der Waals surface area contributed by atoms with Gasteiger partial charge in [0, 0.05) is 25.2 Å². The lowest BCUT2D eigenvalue weighted by atomic mass is 9.88. The number of likely N-dealkylation sites (N-methyl/N-ethyl adjacent to an activating group) is 1. The van der Waals surface area contributed by atoms with Crippen molar-refractivity contribution in [2.24, 2.45) is 0 Å². The van der Waals surface area contributed by atoms with Crippen molar-refractivity contribution >= 4 is 11.8 Å². The average molecular weight is 404 g/mol. The van der Waals surface area contributed by atoms with Gasteiger partial charge in [-0.05, 0) is 53.1 Å². The Morgan fingerprint density at radius 1 is 0.867 bits per heavy atom. The highest BCUT2D eigenvalue weighted by molar-refractivity contribution is 5.94. The summed E-state index contributed by atoms with van der Waals surface area (Å²) in [6.07, 6.45) is -0.536. The summed E-state index contributed by atoms with van der Waals surface area (Å²) >= 11 is 0. The van der Waals surface area contributed by atoms with E-state index in [1.54, 1.807) is 38.4 Å². The van der Waals surface area contributed by atoms with Crippen molar-refractivity contribution in [3.8, 4) is 16.9 Å². The Balaban J connectivity index is 1.71. The van der Waals surface area contributed by atoms with Crippen molar-refractivity contribution in [1.82, 2.24) is 10.6 Å². The fraction of sp³-hybridized carbons (Fsp3) is 0.167. The van der Waals surface area contributed by atoms with Crippen molar-refractivity contribution in [3.05, 3.63) is 89.2 Å². The Hall–Kier alpha value is -3.67. The van der Waals surface area contributed by atoms with Crippen molar-refractivity contribution in [1.29, 1.82) is 0 Å². The zero-order valence-corrected chi connectivity index (χ0v) is 16.6. The number of ether oxygens (including phenoxy) is 1. The summed E-state index contributed by atoms with van der Waals surface area (Å²) in [5.41, 5.74) is 3.92. The van der Waals surface area contributed by atoms with E-state index in [1.807, 2.05) is 30.3 Å². The van der Waals surface area contributed by atoms with E-state index in [9.17, 15) is 14.0 Å². The number of hydrogen-bond acceptors (Lipinski definition) is 3. The first kappa shape index (κ1) is 19.6. The minimum absolute atomic E-state index is 0.147. The van der Waals surface area contributed by atoms with E-state index in [-0.39, 0.29) is 17.6 Å². The molecule has 152 valence electrons. The molecule has 0 saturated heterocycles. The number of benzene rings is 3. The summed E-state index contributed by atoms with van der Waals surface area (Å²) in [7, 11) is 3.18. The lowest BCUT2D eigenvalue weighted by molar-refractivity contribution is -0.123. The van der Waals surface area contributed by atoms with Gasteiger partial charge in [-0.3, -0.25) is 9.59 Å². The molecular formula is C24H21FN2O3. The molecule has 0 aliphatic carbocycles. The minimum Gasteiger partial charge on any atom is -0.484 e. The van der Waals surface area contributed by atoms with Gasteiger partial charge < -0.3 is 15.4 Å². The highest BCUT2D eigenvalue weighted by atomic mass is 19.1. The SMILES string of the molecule is CNC(=O)c1ccc(-c2ccc3c(c2)C(C(=O)NC)C(c2ccc(F)cc2)O3)cc1. The van der Waals surface area contributed by atoms with Crippen molar-refractivity contribution in [3.63, 3.8) is 0 Å². The van der Waals surface area contributed by atoms with Crippen LogP contribution in [0.1, 0.15) is 33.5 Å². The molecule has 1 aliphatic rings. The number of fused-ring (bicyclic) bond motifs is 1. The number of carbonyl (C=O) groups is 2.